The molecule has 2 nitrogen and oxygen atoms in total. The molecule has 0 saturated heterocycles. The van der Waals surface area contributed by atoms with Gasteiger partial charge in [-0.2, -0.15) is 0 Å². The molecule has 3 rings (SSSR count). The summed E-state index contributed by atoms with van der Waals surface area (Å²) in [4.78, 5) is 11.0. The summed E-state index contributed by atoms with van der Waals surface area (Å²) in [7, 11) is 0. The number of carboxylic acids is 1. The Hall–Kier alpha value is -2.35. The van der Waals surface area contributed by atoms with Crippen molar-refractivity contribution in [3.63, 3.8) is 0 Å². The summed E-state index contributed by atoms with van der Waals surface area (Å²) in [5.74, 6) is -0.315. The van der Waals surface area contributed by atoms with E-state index in [9.17, 15) is 4.79 Å². The first-order valence-corrected chi connectivity index (χ1v) is 9.40. The first-order valence-electron chi connectivity index (χ1n) is 9.40. The summed E-state index contributed by atoms with van der Waals surface area (Å²) in [6.45, 7) is 9.22. The third-order valence-electron chi connectivity index (χ3n) is 5.60. The second-order valence-corrected chi connectivity index (χ2v) is 8.44. The van der Waals surface area contributed by atoms with E-state index in [2.05, 4.69) is 52.0 Å². The van der Waals surface area contributed by atoms with Crippen LogP contribution in [0, 0.1) is 5.41 Å². The lowest BCUT2D eigenvalue weighted by Crippen LogP contribution is -2.12. The molecule has 0 aliphatic heterocycles. The van der Waals surface area contributed by atoms with Gasteiger partial charge in [0.05, 0.1) is 5.56 Å². The van der Waals surface area contributed by atoms with Crippen molar-refractivity contribution in [2.45, 2.75) is 52.9 Å². The molecular formula is C24H28O2. The van der Waals surface area contributed by atoms with Crippen molar-refractivity contribution in [2.24, 2.45) is 5.41 Å². The number of rotatable bonds is 3. The molecule has 2 aromatic carbocycles. The molecule has 0 spiro atoms. The van der Waals surface area contributed by atoms with Gasteiger partial charge in [0.1, 0.15) is 0 Å². The molecule has 0 amide bonds. The Balaban J connectivity index is 1.89. The average molecular weight is 348 g/mol. The fourth-order valence-corrected chi connectivity index (χ4v) is 4.10. The SMILES string of the molecule is CC(=Cc1ccc(C(=O)O)cc1)c1ccc2c(c1)C(C)CC(C)(C)CC2. The summed E-state index contributed by atoms with van der Waals surface area (Å²) in [6, 6.07) is 13.9. The van der Waals surface area contributed by atoms with Gasteiger partial charge in [-0.05, 0) is 77.5 Å². The Morgan fingerprint density at radius 3 is 2.42 bits per heavy atom. The number of benzene rings is 2. The monoisotopic (exact) mass is 348 g/mol. The minimum atomic E-state index is -0.889. The second kappa shape index (κ2) is 7.11. The second-order valence-electron chi connectivity index (χ2n) is 8.44. The molecule has 1 N–H and O–H groups in total. The van der Waals surface area contributed by atoms with Gasteiger partial charge in [-0.25, -0.2) is 4.79 Å². The predicted octanol–water partition coefficient (Wildman–Crippen LogP) is 6.41. The Morgan fingerprint density at radius 1 is 1.12 bits per heavy atom. The van der Waals surface area contributed by atoms with Crippen molar-refractivity contribution in [1.29, 1.82) is 0 Å². The van der Waals surface area contributed by atoms with Crippen molar-refractivity contribution in [2.75, 3.05) is 0 Å². The zero-order valence-electron chi connectivity index (χ0n) is 16.2. The van der Waals surface area contributed by atoms with Crippen LogP contribution in [0.1, 0.15) is 79.1 Å². The van der Waals surface area contributed by atoms with E-state index < -0.39 is 5.97 Å². The molecule has 1 unspecified atom stereocenters. The molecule has 2 heteroatoms. The number of hydrogen-bond acceptors (Lipinski definition) is 1. The molecule has 2 aromatic rings. The van der Waals surface area contributed by atoms with E-state index >= 15 is 0 Å². The van der Waals surface area contributed by atoms with Gasteiger partial charge in [0, 0.05) is 0 Å². The average Bonchev–Trinajstić information content (AvgIpc) is 2.70. The Bertz CT molecular complexity index is 841. The lowest BCUT2D eigenvalue weighted by atomic mass is 9.81. The summed E-state index contributed by atoms with van der Waals surface area (Å²) in [5, 5.41) is 9.02. The molecule has 0 aromatic heterocycles. The van der Waals surface area contributed by atoms with Gasteiger partial charge in [0.15, 0.2) is 0 Å². The van der Waals surface area contributed by atoms with Crippen LogP contribution in [0.2, 0.25) is 0 Å². The van der Waals surface area contributed by atoms with Crippen LogP contribution in [0.3, 0.4) is 0 Å². The van der Waals surface area contributed by atoms with Gasteiger partial charge in [-0.3, -0.25) is 0 Å². The molecule has 1 atom stereocenters. The molecule has 0 heterocycles. The summed E-state index contributed by atoms with van der Waals surface area (Å²) < 4.78 is 0. The molecule has 0 fully saturated rings. The molecule has 136 valence electrons. The van der Waals surface area contributed by atoms with Crippen molar-refractivity contribution >= 4 is 17.6 Å². The van der Waals surface area contributed by atoms with E-state index in [-0.39, 0.29) is 0 Å². The maximum absolute atomic E-state index is 11.0. The molecular weight excluding hydrogens is 320 g/mol. The highest BCUT2D eigenvalue weighted by molar-refractivity contribution is 5.88. The highest BCUT2D eigenvalue weighted by atomic mass is 16.4. The zero-order valence-corrected chi connectivity index (χ0v) is 16.2. The van der Waals surface area contributed by atoms with Gasteiger partial charge in [0.2, 0.25) is 0 Å². The topological polar surface area (TPSA) is 37.3 Å². The first kappa shape index (κ1) is 18.4. The fourth-order valence-electron chi connectivity index (χ4n) is 4.10. The van der Waals surface area contributed by atoms with Gasteiger partial charge in [0.25, 0.3) is 0 Å². The summed E-state index contributed by atoms with van der Waals surface area (Å²) in [5.41, 5.74) is 7.17. The Labute approximate surface area is 156 Å². The van der Waals surface area contributed by atoms with E-state index in [0.717, 1.165) is 12.0 Å². The number of allylic oxidation sites excluding steroid dienone is 1. The van der Waals surface area contributed by atoms with Gasteiger partial charge in [-0.1, -0.05) is 57.2 Å². The zero-order chi connectivity index (χ0) is 18.9. The molecule has 0 radical (unpaired) electrons. The highest BCUT2D eigenvalue weighted by Gasteiger charge is 2.27. The molecule has 0 saturated carbocycles. The van der Waals surface area contributed by atoms with Crippen LogP contribution in [-0.2, 0) is 6.42 Å². The van der Waals surface area contributed by atoms with E-state index in [1.54, 1.807) is 12.1 Å². The quantitative estimate of drug-likeness (QED) is 0.514. The van der Waals surface area contributed by atoms with Crippen LogP contribution in [-0.4, -0.2) is 11.1 Å². The van der Waals surface area contributed by atoms with Crippen LogP contribution in [0.25, 0.3) is 11.6 Å². The normalized spacial score (nSPS) is 19.5. The fraction of sp³-hybridized carbons (Fsp3) is 0.375. The van der Waals surface area contributed by atoms with Crippen molar-refractivity contribution in [3.8, 4) is 0 Å². The maximum Gasteiger partial charge on any atom is 0.335 e. The van der Waals surface area contributed by atoms with Crippen molar-refractivity contribution < 1.29 is 9.90 Å². The largest absolute Gasteiger partial charge is 0.478 e. The van der Waals surface area contributed by atoms with Crippen molar-refractivity contribution in [1.82, 2.24) is 0 Å². The molecule has 26 heavy (non-hydrogen) atoms. The smallest absolute Gasteiger partial charge is 0.335 e. The van der Waals surface area contributed by atoms with E-state index in [1.165, 1.54) is 35.1 Å². The Kier molecular flexibility index (Phi) is 5.04. The molecule has 0 bridgehead atoms. The van der Waals surface area contributed by atoms with Crippen LogP contribution >= 0.6 is 0 Å². The van der Waals surface area contributed by atoms with Gasteiger partial charge >= 0.3 is 5.97 Å². The van der Waals surface area contributed by atoms with Crippen molar-refractivity contribution in [3.05, 3.63) is 70.3 Å². The molecule has 1 aliphatic carbocycles. The van der Waals surface area contributed by atoms with Gasteiger partial charge < -0.3 is 5.11 Å². The minimum absolute atomic E-state index is 0.321. The standard InChI is InChI=1S/C24H28O2/c1-16(13-18-5-7-20(8-6-18)23(25)26)21-10-9-19-11-12-24(3,4)15-17(2)22(19)14-21/h5-10,13-14,17H,11-12,15H2,1-4H3,(H,25,26). The third-order valence-corrected chi connectivity index (χ3v) is 5.60. The third kappa shape index (κ3) is 4.07. The number of fused-ring (bicyclic) bond motifs is 1. The maximum atomic E-state index is 11.0. The lowest BCUT2D eigenvalue weighted by molar-refractivity contribution is 0.0697. The van der Waals surface area contributed by atoms with E-state index in [4.69, 9.17) is 5.11 Å². The highest BCUT2D eigenvalue weighted by Crippen LogP contribution is 2.41. The number of carbonyl (C=O) groups is 1. The molecule has 1 aliphatic rings. The number of carboxylic acid groups (broad SMARTS) is 1. The van der Waals surface area contributed by atoms with Crippen LogP contribution in [0.5, 0.6) is 0 Å². The number of aromatic carboxylic acids is 1. The first-order chi connectivity index (χ1) is 12.2. The summed E-state index contributed by atoms with van der Waals surface area (Å²) in [6.07, 6.45) is 5.75. The van der Waals surface area contributed by atoms with Crippen LogP contribution in [0.4, 0.5) is 0 Å². The van der Waals surface area contributed by atoms with Crippen LogP contribution < -0.4 is 0 Å². The van der Waals surface area contributed by atoms with E-state index in [1.807, 2.05) is 12.1 Å². The van der Waals surface area contributed by atoms with Gasteiger partial charge in [-0.15, -0.1) is 0 Å². The van der Waals surface area contributed by atoms with Crippen LogP contribution in [0.15, 0.2) is 42.5 Å². The lowest BCUT2D eigenvalue weighted by Gasteiger charge is -2.24. The Morgan fingerprint density at radius 2 is 1.77 bits per heavy atom. The van der Waals surface area contributed by atoms with E-state index in [0.29, 0.717) is 16.9 Å². The summed E-state index contributed by atoms with van der Waals surface area (Å²) >= 11 is 0. The number of aryl methyl sites for hydroxylation is 1. The minimum Gasteiger partial charge on any atom is -0.478 e. The number of hydrogen-bond donors (Lipinski definition) is 1. The predicted molar refractivity (Wildman–Crippen MR) is 109 cm³/mol.